The van der Waals surface area contributed by atoms with Crippen LogP contribution in [0.15, 0.2) is 0 Å². The number of hydrogen-bond acceptors (Lipinski definition) is 3. The molecular weight excluding hydrogens is 222 g/mol. The molecular formula is C12H19NO4. The van der Waals surface area contributed by atoms with Crippen molar-refractivity contribution < 1.29 is 19.4 Å². The summed E-state index contributed by atoms with van der Waals surface area (Å²) < 4.78 is 5.31. The van der Waals surface area contributed by atoms with Crippen LogP contribution < -0.4 is 0 Å². The van der Waals surface area contributed by atoms with E-state index in [0.29, 0.717) is 6.54 Å². The Morgan fingerprint density at radius 1 is 1.41 bits per heavy atom. The van der Waals surface area contributed by atoms with Gasteiger partial charge in [0.1, 0.15) is 5.60 Å². The van der Waals surface area contributed by atoms with Gasteiger partial charge in [0.05, 0.1) is 11.5 Å². The molecule has 2 heterocycles. The number of carbonyl (C=O) groups is 2. The highest BCUT2D eigenvalue weighted by Crippen LogP contribution is 2.55. The van der Waals surface area contributed by atoms with Crippen molar-refractivity contribution in [1.29, 1.82) is 0 Å². The maximum atomic E-state index is 12.0. The molecule has 0 aromatic rings. The molecule has 2 bridgehead atoms. The molecule has 1 amide bonds. The lowest BCUT2D eigenvalue weighted by Gasteiger charge is -2.44. The molecule has 1 aliphatic carbocycles. The molecule has 3 unspecified atom stereocenters. The maximum Gasteiger partial charge on any atom is 0.410 e. The minimum absolute atomic E-state index is 0.0880. The topological polar surface area (TPSA) is 66.8 Å². The zero-order valence-corrected chi connectivity index (χ0v) is 10.7. The van der Waals surface area contributed by atoms with E-state index in [2.05, 4.69) is 0 Å². The number of aliphatic carboxylic acids is 1. The van der Waals surface area contributed by atoms with Gasteiger partial charge in [0.15, 0.2) is 0 Å². The molecule has 1 saturated carbocycles. The molecule has 3 rings (SSSR count). The fraction of sp³-hybridized carbons (Fsp3) is 0.833. The summed E-state index contributed by atoms with van der Waals surface area (Å²) in [4.78, 5) is 24.7. The largest absolute Gasteiger partial charge is 0.481 e. The van der Waals surface area contributed by atoms with Crippen LogP contribution in [0.25, 0.3) is 0 Å². The molecule has 0 radical (unpaired) electrons. The number of ether oxygens (including phenoxy) is 1. The van der Waals surface area contributed by atoms with E-state index in [1.54, 1.807) is 4.90 Å². The number of nitrogens with zero attached hydrogens (tertiary/aromatic N) is 1. The molecule has 3 aliphatic rings. The summed E-state index contributed by atoms with van der Waals surface area (Å²) in [5.74, 6) is -1.16. The summed E-state index contributed by atoms with van der Waals surface area (Å²) in [6, 6.07) is 0. The van der Waals surface area contributed by atoms with Crippen LogP contribution in [0.1, 0.15) is 34.1 Å². The van der Waals surface area contributed by atoms with E-state index in [4.69, 9.17) is 9.84 Å². The van der Waals surface area contributed by atoms with Crippen molar-refractivity contribution in [2.45, 2.75) is 45.3 Å². The molecule has 3 fully saturated rings. The van der Waals surface area contributed by atoms with Crippen molar-refractivity contribution in [2.24, 2.45) is 11.8 Å². The fourth-order valence-corrected chi connectivity index (χ4v) is 3.08. The fourth-order valence-electron chi connectivity index (χ4n) is 3.08. The van der Waals surface area contributed by atoms with Crippen LogP contribution in [-0.2, 0) is 9.53 Å². The summed E-state index contributed by atoms with van der Waals surface area (Å²) >= 11 is 0. The Balaban J connectivity index is 2.11. The van der Waals surface area contributed by atoms with Gasteiger partial charge in [0, 0.05) is 6.54 Å². The van der Waals surface area contributed by atoms with Crippen molar-refractivity contribution in [3.05, 3.63) is 0 Å². The number of carboxylic acids is 1. The second-order valence-corrected chi connectivity index (χ2v) is 6.23. The predicted molar refractivity (Wildman–Crippen MR) is 60.6 cm³/mol. The van der Waals surface area contributed by atoms with E-state index in [1.165, 1.54) is 0 Å². The number of carbonyl (C=O) groups excluding carboxylic acids is 1. The SMILES string of the molecule is CC(C)(C)OC(=O)N1CC2CC1(C)C2C(=O)O. The summed E-state index contributed by atoms with van der Waals surface area (Å²) in [6.07, 6.45) is 0.370. The summed E-state index contributed by atoms with van der Waals surface area (Å²) in [5, 5.41) is 9.13. The second-order valence-electron chi connectivity index (χ2n) is 6.23. The molecule has 0 spiro atoms. The highest BCUT2D eigenvalue weighted by atomic mass is 16.6. The van der Waals surface area contributed by atoms with Crippen LogP contribution in [0.4, 0.5) is 4.79 Å². The highest BCUT2D eigenvalue weighted by molar-refractivity contribution is 5.79. The first-order valence-electron chi connectivity index (χ1n) is 5.88. The summed E-state index contributed by atoms with van der Waals surface area (Å²) in [6.45, 7) is 7.76. The molecule has 0 aromatic carbocycles. The molecule has 1 N–H and O–H groups in total. The Morgan fingerprint density at radius 3 is 2.41 bits per heavy atom. The van der Waals surface area contributed by atoms with Crippen molar-refractivity contribution >= 4 is 12.1 Å². The van der Waals surface area contributed by atoms with Gasteiger partial charge in [-0.1, -0.05) is 0 Å². The van der Waals surface area contributed by atoms with E-state index in [1.807, 2.05) is 27.7 Å². The number of rotatable bonds is 1. The van der Waals surface area contributed by atoms with Gasteiger partial charge in [-0.05, 0) is 40.0 Å². The van der Waals surface area contributed by atoms with Crippen molar-refractivity contribution in [3.63, 3.8) is 0 Å². The number of amides is 1. The quantitative estimate of drug-likeness (QED) is 0.759. The summed E-state index contributed by atoms with van der Waals surface area (Å²) in [5.41, 5.74) is -1.10. The van der Waals surface area contributed by atoms with Crippen molar-refractivity contribution in [1.82, 2.24) is 4.90 Å². The van der Waals surface area contributed by atoms with Crippen LogP contribution in [-0.4, -0.2) is 39.8 Å². The average molecular weight is 241 g/mol. The third kappa shape index (κ3) is 1.77. The predicted octanol–water partition coefficient (Wildman–Crippen LogP) is 1.72. The van der Waals surface area contributed by atoms with Crippen molar-refractivity contribution in [3.8, 4) is 0 Å². The first-order valence-corrected chi connectivity index (χ1v) is 5.88. The Labute approximate surface area is 101 Å². The van der Waals surface area contributed by atoms with Crippen LogP contribution >= 0.6 is 0 Å². The smallest absolute Gasteiger partial charge is 0.410 e. The Bertz CT molecular complexity index is 373. The van der Waals surface area contributed by atoms with Gasteiger partial charge in [0.25, 0.3) is 0 Å². The van der Waals surface area contributed by atoms with E-state index in [9.17, 15) is 9.59 Å². The van der Waals surface area contributed by atoms with Crippen LogP contribution in [0.3, 0.4) is 0 Å². The molecule has 5 heteroatoms. The number of carboxylic acid groups (broad SMARTS) is 1. The Hall–Kier alpha value is -1.26. The van der Waals surface area contributed by atoms with Gasteiger partial charge in [-0.3, -0.25) is 4.79 Å². The third-order valence-electron chi connectivity index (χ3n) is 3.73. The minimum Gasteiger partial charge on any atom is -0.481 e. The van der Waals surface area contributed by atoms with E-state index >= 15 is 0 Å². The van der Waals surface area contributed by atoms with Crippen LogP contribution in [0.5, 0.6) is 0 Å². The zero-order chi connectivity index (χ0) is 13.0. The number of hydrogen-bond donors (Lipinski definition) is 1. The number of fused-ring (bicyclic) bond motifs is 1. The van der Waals surface area contributed by atoms with E-state index in [0.717, 1.165) is 6.42 Å². The van der Waals surface area contributed by atoms with Gasteiger partial charge < -0.3 is 14.7 Å². The van der Waals surface area contributed by atoms with Gasteiger partial charge in [-0.2, -0.15) is 0 Å². The van der Waals surface area contributed by atoms with E-state index < -0.39 is 29.1 Å². The van der Waals surface area contributed by atoms with Gasteiger partial charge in [0.2, 0.25) is 0 Å². The monoisotopic (exact) mass is 241 g/mol. The molecule has 5 nitrogen and oxygen atoms in total. The zero-order valence-electron chi connectivity index (χ0n) is 10.7. The molecule has 2 saturated heterocycles. The third-order valence-corrected chi connectivity index (χ3v) is 3.73. The molecule has 3 atom stereocenters. The van der Waals surface area contributed by atoms with Gasteiger partial charge >= 0.3 is 12.1 Å². The Morgan fingerprint density at radius 2 is 2.00 bits per heavy atom. The lowest BCUT2D eigenvalue weighted by atomic mass is 9.64. The van der Waals surface area contributed by atoms with Gasteiger partial charge in [-0.15, -0.1) is 0 Å². The maximum absolute atomic E-state index is 12.0. The second kappa shape index (κ2) is 3.37. The lowest BCUT2D eigenvalue weighted by molar-refractivity contribution is -0.151. The first-order chi connectivity index (χ1) is 7.65. The Kier molecular flexibility index (Phi) is 2.42. The average Bonchev–Trinajstić information content (AvgIpc) is 2.51. The molecule has 2 aliphatic heterocycles. The van der Waals surface area contributed by atoms with Crippen LogP contribution in [0, 0.1) is 11.8 Å². The summed E-state index contributed by atoms with van der Waals surface area (Å²) in [7, 11) is 0. The first kappa shape index (κ1) is 12.2. The van der Waals surface area contributed by atoms with Crippen LogP contribution in [0.2, 0.25) is 0 Å². The van der Waals surface area contributed by atoms with Gasteiger partial charge in [-0.25, -0.2) is 4.79 Å². The molecule has 0 aromatic heterocycles. The highest BCUT2D eigenvalue weighted by Gasteiger charge is 2.66. The molecule has 96 valence electrons. The normalized spacial score (nSPS) is 35.4. The lowest BCUT2D eigenvalue weighted by Crippen LogP contribution is -2.56. The molecule has 17 heavy (non-hydrogen) atoms. The minimum atomic E-state index is -0.810. The van der Waals surface area contributed by atoms with E-state index in [-0.39, 0.29) is 5.92 Å². The standard InChI is InChI=1S/C12H19NO4/c1-11(2,3)17-10(16)13-6-7-5-12(13,4)8(7)9(14)15/h7-8H,5-6H2,1-4H3,(H,14,15). The van der Waals surface area contributed by atoms with Crippen molar-refractivity contribution in [2.75, 3.05) is 6.54 Å².